The van der Waals surface area contributed by atoms with Crippen LogP contribution >= 0.6 is 0 Å². The lowest BCUT2D eigenvalue weighted by Crippen LogP contribution is -2.63. The highest BCUT2D eigenvalue weighted by molar-refractivity contribution is 5.89. The molecule has 1 amide bonds. The largest absolute Gasteiger partial charge is 0.357 e. The highest BCUT2D eigenvalue weighted by Crippen LogP contribution is 2.49. The van der Waals surface area contributed by atoms with Crippen molar-refractivity contribution in [1.82, 2.24) is 9.80 Å². The molecule has 3 aliphatic rings. The SMILES string of the molecule is CCCN1CC2(CCN(Cc3ccccc3)CC2)OC2(CC2)C1=O. The third kappa shape index (κ3) is 2.98. The summed E-state index contributed by atoms with van der Waals surface area (Å²) in [6.45, 7) is 6.94. The summed E-state index contributed by atoms with van der Waals surface area (Å²) >= 11 is 0. The lowest BCUT2D eigenvalue weighted by Gasteiger charge is -2.50. The Morgan fingerprint density at radius 1 is 1.08 bits per heavy atom. The summed E-state index contributed by atoms with van der Waals surface area (Å²) in [5.41, 5.74) is 0.821. The Bertz CT molecular complexity index is 589. The Labute approximate surface area is 144 Å². The van der Waals surface area contributed by atoms with Crippen molar-refractivity contribution in [3.63, 3.8) is 0 Å². The molecular weight excluding hydrogens is 300 g/mol. The first-order valence-electron chi connectivity index (χ1n) is 9.41. The predicted octanol–water partition coefficient (Wildman–Crippen LogP) is 2.82. The molecule has 1 aromatic rings. The van der Waals surface area contributed by atoms with Gasteiger partial charge in [0.1, 0.15) is 5.60 Å². The van der Waals surface area contributed by atoms with Gasteiger partial charge in [-0.25, -0.2) is 0 Å². The second kappa shape index (κ2) is 6.16. The fourth-order valence-electron chi connectivity index (χ4n) is 4.30. The third-order valence-corrected chi connectivity index (χ3v) is 5.78. The van der Waals surface area contributed by atoms with Gasteiger partial charge >= 0.3 is 0 Å². The van der Waals surface area contributed by atoms with Crippen molar-refractivity contribution < 1.29 is 9.53 Å². The summed E-state index contributed by atoms with van der Waals surface area (Å²) in [7, 11) is 0. The number of hydrogen-bond donors (Lipinski definition) is 0. The van der Waals surface area contributed by atoms with Gasteiger partial charge < -0.3 is 9.64 Å². The minimum Gasteiger partial charge on any atom is -0.357 e. The van der Waals surface area contributed by atoms with Crippen molar-refractivity contribution in [3.05, 3.63) is 35.9 Å². The zero-order valence-corrected chi connectivity index (χ0v) is 14.7. The van der Waals surface area contributed by atoms with Crippen molar-refractivity contribution in [1.29, 1.82) is 0 Å². The summed E-state index contributed by atoms with van der Waals surface area (Å²) in [5, 5.41) is 0. The molecule has 24 heavy (non-hydrogen) atoms. The Balaban J connectivity index is 1.41. The monoisotopic (exact) mass is 328 g/mol. The number of nitrogens with zero attached hydrogens (tertiary/aromatic N) is 2. The fraction of sp³-hybridized carbons (Fsp3) is 0.650. The van der Waals surface area contributed by atoms with Gasteiger partial charge in [-0.3, -0.25) is 9.69 Å². The van der Waals surface area contributed by atoms with E-state index in [0.717, 1.165) is 64.8 Å². The minimum absolute atomic E-state index is 0.104. The zero-order chi connectivity index (χ0) is 16.6. The first kappa shape index (κ1) is 16.1. The molecule has 130 valence electrons. The number of hydrogen-bond acceptors (Lipinski definition) is 3. The van der Waals surface area contributed by atoms with Crippen LogP contribution in [0.25, 0.3) is 0 Å². The van der Waals surface area contributed by atoms with Gasteiger partial charge in [-0.05, 0) is 37.7 Å². The summed E-state index contributed by atoms with van der Waals surface area (Å²) in [5.74, 6) is 0.252. The number of morpholine rings is 1. The molecule has 0 bridgehead atoms. The van der Waals surface area contributed by atoms with E-state index in [0.29, 0.717) is 0 Å². The van der Waals surface area contributed by atoms with Crippen molar-refractivity contribution in [2.24, 2.45) is 0 Å². The topological polar surface area (TPSA) is 32.8 Å². The molecule has 1 saturated carbocycles. The predicted molar refractivity (Wildman–Crippen MR) is 93.6 cm³/mol. The van der Waals surface area contributed by atoms with Crippen LogP contribution in [0.4, 0.5) is 0 Å². The van der Waals surface area contributed by atoms with E-state index >= 15 is 0 Å². The van der Waals surface area contributed by atoms with E-state index in [4.69, 9.17) is 4.74 Å². The van der Waals surface area contributed by atoms with Crippen LogP contribution in [0.1, 0.15) is 44.6 Å². The number of likely N-dealkylation sites (tertiary alicyclic amines) is 1. The first-order valence-corrected chi connectivity index (χ1v) is 9.41. The summed E-state index contributed by atoms with van der Waals surface area (Å²) in [6.07, 6.45) is 4.94. The maximum absolute atomic E-state index is 12.6. The highest BCUT2D eigenvalue weighted by Gasteiger charge is 2.61. The molecule has 0 radical (unpaired) electrons. The van der Waals surface area contributed by atoms with E-state index < -0.39 is 5.60 Å². The number of carbonyl (C=O) groups is 1. The van der Waals surface area contributed by atoms with E-state index in [1.54, 1.807) is 0 Å². The molecule has 4 heteroatoms. The van der Waals surface area contributed by atoms with Crippen LogP contribution in [0.3, 0.4) is 0 Å². The van der Waals surface area contributed by atoms with Crippen molar-refractivity contribution >= 4 is 5.91 Å². The van der Waals surface area contributed by atoms with Gasteiger partial charge in [0.15, 0.2) is 0 Å². The van der Waals surface area contributed by atoms with Crippen LogP contribution in [0.15, 0.2) is 30.3 Å². The molecule has 0 aromatic heterocycles. The number of amides is 1. The van der Waals surface area contributed by atoms with Crippen LogP contribution in [0, 0.1) is 0 Å². The van der Waals surface area contributed by atoms with E-state index in [9.17, 15) is 4.79 Å². The maximum atomic E-state index is 12.6. The Hall–Kier alpha value is -1.39. The molecule has 2 spiro atoms. The second-order valence-corrected chi connectivity index (χ2v) is 7.77. The summed E-state index contributed by atoms with van der Waals surface area (Å²) < 4.78 is 6.48. The van der Waals surface area contributed by atoms with Gasteiger partial charge in [-0.2, -0.15) is 0 Å². The summed E-state index contributed by atoms with van der Waals surface area (Å²) in [6, 6.07) is 10.7. The van der Waals surface area contributed by atoms with Crippen LogP contribution in [-0.4, -0.2) is 53.1 Å². The molecule has 3 fully saturated rings. The molecule has 0 N–H and O–H groups in total. The van der Waals surface area contributed by atoms with E-state index in [1.807, 2.05) is 0 Å². The number of piperidine rings is 1. The van der Waals surface area contributed by atoms with Gasteiger partial charge in [0.05, 0.1) is 5.60 Å². The van der Waals surface area contributed by atoms with Crippen molar-refractivity contribution in [3.8, 4) is 0 Å². The quantitative estimate of drug-likeness (QED) is 0.852. The van der Waals surface area contributed by atoms with E-state index in [2.05, 4.69) is 47.1 Å². The van der Waals surface area contributed by atoms with Gasteiger partial charge in [-0.15, -0.1) is 0 Å². The Morgan fingerprint density at radius 3 is 2.42 bits per heavy atom. The Morgan fingerprint density at radius 2 is 1.79 bits per heavy atom. The van der Waals surface area contributed by atoms with Gasteiger partial charge in [0, 0.05) is 32.7 Å². The average Bonchev–Trinajstić information content (AvgIpc) is 3.36. The number of benzene rings is 1. The van der Waals surface area contributed by atoms with Crippen molar-refractivity contribution in [2.75, 3.05) is 26.2 Å². The van der Waals surface area contributed by atoms with Crippen LogP contribution in [0.2, 0.25) is 0 Å². The molecule has 2 aliphatic heterocycles. The zero-order valence-electron chi connectivity index (χ0n) is 14.7. The van der Waals surface area contributed by atoms with Gasteiger partial charge in [-0.1, -0.05) is 37.3 Å². The van der Waals surface area contributed by atoms with E-state index in [1.165, 1.54) is 5.56 Å². The maximum Gasteiger partial charge on any atom is 0.254 e. The normalized spacial score (nSPS) is 25.4. The number of rotatable bonds is 4. The molecule has 1 aromatic carbocycles. The van der Waals surface area contributed by atoms with E-state index in [-0.39, 0.29) is 11.5 Å². The second-order valence-electron chi connectivity index (χ2n) is 7.77. The lowest BCUT2D eigenvalue weighted by molar-refractivity contribution is -0.200. The molecule has 0 atom stereocenters. The van der Waals surface area contributed by atoms with Gasteiger partial charge in [0.25, 0.3) is 5.91 Å². The van der Waals surface area contributed by atoms with Gasteiger partial charge in [0.2, 0.25) is 0 Å². The standard InChI is InChI=1S/C20H28N2O2/c1-2-12-22-16-19(24-20(8-9-20)18(22)23)10-13-21(14-11-19)15-17-6-4-3-5-7-17/h3-7H,2,8-16H2,1H3. The molecule has 2 saturated heterocycles. The molecular formula is C20H28N2O2. The Kier molecular flexibility index (Phi) is 4.13. The summed E-state index contributed by atoms with van der Waals surface area (Å²) in [4.78, 5) is 17.2. The fourth-order valence-corrected chi connectivity index (χ4v) is 4.30. The minimum atomic E-state index is -0.449. The van der Waals surface area contributed by atoms with Crippen LogP contribution in [0.5, 0.6) is 0 Å². The molecule has 2 heterocycles. The lowest BCUT2D eigenvalue weighted by atomic mass is 9.87. The third-order valence-electron chi connectivity index (χ3n) is 5.78. The van der Waals surface area contributed by atoms with Crippen LogP contribution < -0.4 is 0 Å². The first-order chi connectivity index (χ1) is 11.6. The molecule has 0 unspecified atom stereocenters. The van der Waals surface area contributed by atoms with Crippen LogP contribution in [-0.2, 0) is 16.1 Å². The molecule has 1 aliphatic carbocycles. The number of carbonyl (C=O) groups excluding carboxylic acids is 1. The van der Waals surface area contributed by atoms with Crippen molar-refractivity contribution in [2.45, 2.75) is 56.8 Å². The average molecular weight is 328 g/mol. The highest BCUT2D eigenvalue weighted by atomic mass is 16.5. The molecule has 4 nitrogen and oxygen atoms in total. The smallest absolute Gasteiger partial charge is 0.254 e. The molecule has 4 rings (SSSR count). The number of ether oxygens (including phenoxy) is 1.